The molecule has 3 N–H and O–H groups in total. The maximum absolute atomic E-state index is 14.6. The Morgan fingerprint density at radius 2 is 2.13 bits per heavy atom. The number of hydrogen-bond acceptors (Lipinski definition) is 7. The number of methoxy groups -OCH3 is 1. The summed E-state index contributed by atoms with van der Waals surface area (Å²) in [4.78, 5) is 24.4. The monoisotopic (exact) mass is 414 g/mol. The van der Waals surface area contributed by atoms with Crippen molar-refractivity contribution in [2.75, 3.05) is 19.1 Å². The molecule has 2 atom stereocenters. The molecule has 156 valence electrons. The van der Waals surface area contributed by atoms with Gasteiger partial charge in [0.2, 0.25) is 5.88 Å². The molecule has 0 saturated heterocycles. The Morgan fingerprint density at radius 3 is 2.70 bits per heavy atom. The first-order chi connectivity index (χ1) is 14.3. The van der Waals surface area contributed by atoms with E-state index < -0.39 is 29.4 Å². The van der Waals surface area contributed by atoms with E-state index in [2.05, 4.69) is 26.3 Å². The number of nitrogens with one attached hydrogen (secondary N) is 1. The number of anilines is 1. The molecule has 1 aromatic heterocycles. The van der Waals surface area contributed by atoms with E-state index >= 15 is 0 Å². The van der Waals surface area contributed by atoms with Gasteiger partial charge in [0.15, 0.2) is 0 Å². The van der Waals surface area contributed by atoms with Crippen LogP contribution in [0.2, 0.25) is 0 Å². The van der Waals surface area contributed by atoms with Crippen molar-refractivity contribution >= 4 is 17.4 Å². The van der Waals surface area contributed by atoms with Crippen LogP contribution in [0.25, 0.3) is 0 Å². The third-order valence-corrected chi connectivity index (χ3v) is 5.20. The number of nitriles is 1. The van der Waals surface area contributed by atoms with E-state index in [1.165, 1.54) is 31.6 Å². The summed E-state index contributed by atoms with van der Waals surface area (Å²) in [5, 5.41) is 11.9. The molecule has 1 aromatic carbocycles. The summed E-state index contributed by atoms with van der Waals surface area (Å²) in [6.45, 7) is 0.602. The molecule has 2 heterocycles. The number of amidine groups is 1. The van der Waals surface area contributed by atoms with Gasteiger partial charge in [-0.15, -0.1) is 0 Å². The zero-order chi connectivity index (χ0) is 21.9. The van der Waals surface area contributed by atoms with Crippen molar-refractivity contribution < 1.29 is 18.3 Å². The molecule has 3 rings (SSSR count). The van der Waals surface area contributed by atoms with Crippen LogP contribution < -0.4 is 15.8 Å². The van der Waals surface area contributed by atoms with Crippen LogP contribution in [0, 0.1) is 22.6 Å². The van der Waals surface area contributed by atoms with Gasteiger partial charge in [0.05, 0.1) is 25.6 Å². The van der Waals surface area contributed by atoms with Crippen LogP contribution in [-0.2, 0) is 5.54 Å². The average molecular weight is 414 g/mol. The normalized spacial score (nSPS) is 23.2. The Bertz CT molecular complexity index is 1040. The van der Waals surface area contributed by atoms with Gasteiger partial charge < -0.3 is 15.8 Å². The molecule has 0 radical (unpaired) electrons. The number of halogens is 2. The van der Waals surface area contributed by atoms with Gasteiger partial charge in [-0.05, 0) is 38.0 Å². The maximum atomic E-state index is 14.6. The number of aliphatic imine (C=N–C) groups is 1. The van der Waals surface area contributed by atoms with E-state index in [1.54, 1.807) is 6.92 Å². The van der Waals surface area contributed by atoms with E-state index in [-0.39, 0.29) is 41.5 Å². The van der Waals surface area contributed by atoms with Gasteiger partial charge in [-0.25, -0.2) is 18.7 Å². The van der Waals surface area contributed by atoms with E-state index in [0.29, 0.717) is 0 Å². The predicted octanol–water partition coefficient (Wildman–Crippen LogP) is 2.72. The summed E-state index contributed by atoms with van der Waals surface area (Å²) in [6, 6.07) is 5.85. The number of aromatic nitrogens is 2. The van der Waals surface area contributed by atoms with Crippen LogP contribution in [0.3, 0.4) is 0 Å². The lowest BCUT2D eigenvalue weighted by atomic mass is 9.74. The fraction of sp³-hybridized carbons (Fsp3) is 0.350. The van der Waals surface area contributed by atoms with Gasteiger partial charge in [-0.1, -0.05) is 0 Å². The van der Waals surface area contributed by atoms with Crippen LogP contribution in [0.5, 0.6) is 5.88 Å². The number of nitrogens with two attached hydrogens (primary N) is 1. The van der Waals surface area contributed by atoms with Gasteiger partial charge in [-0.2, -0.15) is 5.26 Å². The van der Waals surface area contributed by atoms with Crippen molar-refractivity contribution in [2.45, 2.75) is 25.3 Å². The highest BCUT2D eigenvalue weighted by Crippen LogP contribution is 2.42. The van der Waals surface area contributed by atoms with Crippen LogP contribution in [0.15, 0.2) is 35.6 Å². The third kappa shape index (κ3) is 3.78. The molecular formula is C20H20F2N6O2. The fourth-order valence-corrected chi connectivity index (χ4v) is 3.17. The van der Waals surface area contributed by atoms with E-state index in [4.69, 9.17) is 10.5 Å². The van der Waals surface area contributed by atoms with E-state index in [1.807, 2.05) is 0 Å². The van der Waals surface area contributed by atoms with Gasteiger partial charge >= 0.3 is 0 Å². The molecule has 0 fully saturated rings. The van der Waals surface area contributed by atoms with Crippen LogP contribution in [0.1, 0.15) is 35.8 Å². The Hall–Kier alpha value is -3.61. The SMILES string of the molecule is COc1cnc(C(=O)Nc2ccc(F)c([C@]3(CF)CC[C@@](C)(C#N)C(N)=N3)c2)cn1. The molecule has 0 saturated carbocycles. The molecule has 1 aliphatic rings. The van der Waals surface area contributed by atoms with Crippen molar-refractivity contribution in [3.8, 4) is 11.9 Å². The van der Waals surface area contributed by atoms with Gasteiger partial charge in [0, 0.05) is 11.3 Å². The number of ether oxygens (including phenoxy) is 1. The average Bonchev–Trinajstić information content (AvgIpc) is 2.77. The molecule has 0 unspecified atom stereocenters. The first kappa shape index (κ1) is 21.1. The molecule has 0 aliphatic carbocycles. The second-order valence-electron chi connectivity index (χ2n) is 7.20. The molecule has 1 aliphatic heterocycles. The zero-order valence-corrected chi connectivity index (χ0v) is 16.4. The van der Waals surface area contributed by atoms with Gasteiger partial charge in [0.25, 0.3) is 5.91 Å². The van der Waals surface area contributed by atoms with Gasteiger partial charge in [-0.3, -0.25) is 9.79 Å². The first-order valence-corrected chi connectivity index (χ1v) is 9.07. The van der Waals surface area contributed by atoms with Crippen molar-refractivity contribution in [3.63, 3.8) is 0 Å². The molecule has 8 nitrogen and oxygen atoms in total. The lowest BCUT2D eigenvalue weighted by Gasteiger charge is -2.37. The third-order valence-electron chi connectivity index (χ3n) is 5.20. The minimum absolute atomic E-state index is 0.0200. The number of amides is 1. The number of benzene rings is 1. The smallest absolute Gasteiger partial charge is 0.275 e. The summed E-state index contributed by atoms with van der Waals surface area (Å²) in [6.07, 6.45) is 2.83. The standard InChI is InChI=1S/C20H20F2N6O2/c1-19(11-23)5-6-20(10-21,28-18(19)24)13-7-12(3-4-14(13)22)27-17(29)15-8-26-16(30-2)9-25-15/h3-4,7-9H,5-6,10H2,1-2H3,(H2,24,28)(H,27,29)/t19-,20+/m0/s1. The minimum atomic E-state index is -1.56. The Morgan fingerprint density at radius 1 is 1.37 bits per heavy atom. The predicted molar refractivity (Wildman–Crippen MR) is 105 cm³/mol. The van der Waals surface area contributed by atoms with Gasteiger partial charge in [0.1, 0.15) is 35.0 Å². The summed E-state index contributed by atoms with van der Waals surface area (Å²) < 4.78 is 33.7. The molecular weight excluding hydrogens is 394 g/mol. The van der Waals surface area contributed by atoms with Crippen molar-refractivity contribution in [3.05, 3.63) is 47.7 Å². The topological polar surface area (TPSA) is 126 Å². The highest BCUT2D eigenvalue weighted by molar-refractivity contribution is 6.02. The minimum Gasteiger partial charge on any atom is -0.480 e. The fourth-order valence-electron chi connectivity index (χ4n) is 3.17. The highest BCUT2D eigenvalue weighted by atomic mass is 19.1. The largest absolute Gasteiger partial charge is 0.480 e. The van der Waals surface area contributed by atoms with Crippen molar-refractivity contribution in [1.29, 1.82) is 5.26 Å². The Labute approximate surface area is 171 Å². The molecule has 0 spiro atoms. The van der Waals surface area contributed by atoms with Crippen LogP contribution in [-0.4, -0.2) is 35.5 Å². The molecule has 10 heteroatoms. The second kappa shape index (κ2) is 8.02. The number of carbonyl (C=O) groups excluding carboxylic acids is 1. The summed E-state index contributed by atoms with van der Waals surface area (Å²) in [7, 11) is 1.42. The number of alkyl halides is 1. The second-order valence-corrected chi connectivity index (χ2v) is 7.20. The quantitative estimate of drug-likeness (QED) is 0.775. The maximum Gasteiger partial charge on any atom is 0.275 e. The van der Waals surface area contributed by atoms with E-state index in [0.717, 1.165) is 6.07 Å². The van der Waals surface area contributed by atoms with Crippen LogP contribution >= 0.6 is 0 Å². The lowest BCUT2D eigenvalue weighted by molar-refractivity contribution is 0.102. The highest BCUT2D eigenvalue weighted by Gasteiger charge is 2.44. The van der Waals surface area contributed by atoms with Crippen molar-refractivity contribution in [1.82, 2.24) is 9.97 Å². The Balaban J connectivity index is 1.93. The first-order valence-electron chi connectivity index (χ1n) is 9.07. The van der Waals surface area contributed by atoms with Crippen LogP contribution in [0.4, 0.5) is 14.5 Å². The summed E-state index contributed by atoms with van der Waals surface area (Å²) >= 11 is 0. The molecule has 30 heavy (non-hydrogen) atoms. The summed E-state index contributed by atoms with van der Waals surface area (Å²) in [5.41, 5.74) is 3.52. The number of hydrogen-bond donors (Lipinski definition) is 2. The Kier molecular flexibility index (Phi) is 5.64. The molecule has 2 aromatic rings. The molecule has 0 bridgehead atoms. The van der Waals surface area contributed by atoms with Crippen molar-refractivity contribution in [2.24, 2.45) is 16.1 Å². The zero-order valence-electron chi connectivity index (χ0n) is 16.4. The molecule has 1 amide bonds. The lowest BCUT2D eigenvalue weighted by Crippen LogP contribution is -2.44. The van der Waals surface area contributed by atoms with E-state index in [9.17, 15) is 18.8 Å². The summed E-state index contributed by atoms with van der Waals surface area (Å²) in [5.74, 6) is -1.07. The number of rotatable bonds is 5. The number of nitrogens with zero attached hydrogens (tertiary/aromatic N) is 4. The number of carbonyl (C=O) groups is 1.